The summed E-state index contributed by atoms with van der Waals surface area (Å²) in [6.07, 6.45) is 2.55. The molecule has 2 N–H and O–H groups in total. The van der Waals surface area contributed by atoms with Crippen molar-refractivity contribution in [3.63, 3.8) is 0 Å². The van der Waals surface area contributed by atoms with Crippen molar-refractivity contribution in [2.75, 3.05) is 31.9 Å². The van der Waals surface area contributed by atoms with Crippen molar-refractivity contribution in [2.24, 2.45) is 10.9 Å². The molecule has 13 heavy (non-hydrogen) atoms. The summed E-state index contributed by atoms with van der Waals surface area (Å²) >= 11 is 1.87. The minimum absolute atomic E-state index is 0.810. The third kappa shape index (κ3) is 2.88. The molecule has 1 saturated heterocycles. The van der Waals surface area contributed by atoms with Gasteiger partial charge in [-0.1, -0.05) is 11.8 Å². The predicted octanol–water partition coefficient (Wildman–Crippen LogP) is 0.678. The van der Waals surface area contributed by atoms with Crippen LogP contribution in [0.2, 0.25) is 0 Å². The fraction of sp³-hybridized carbons (Fsp3) is 0.889. The van der Waals surface area contributed by atoms with E-state index in [1.54, 1.807) is 0 Å². The lowest BCUT2D eigenvalue weighted by molar-refractivity contribution is 0.568. The number of hydrogen-bond acceptors (Lipinski definition) is 4. The molecule has 1 atom stereocenters. The number of aliphatic imine (C=N–C) groups is 1. The van der Waals surface area contributed by atoms with Gasteiger partial charge >= 0.3 is 0 Å². The largest absolute Gasteiger partial charge is 0.365 e. The van der Waals surface area contributed by atoms with E-state index in [1.807, 2.05) is 11.8 Å². The number of rotatable bonds is 2. The van der Waals surface area contributed by atoms with E-state index in [4.69, 9.17) is 0 Å². The van der Waals surface area contributed by atoms with Gasteiger partial charge in [-0.15, -0.1) is 0 Å². The fourth-order valence-corrected chi connectivity index (χ4v) is 2.52. The second-order valence-electron chi connectivity index (χ2n) is 3.63. The second kappa shape index (κ2) is 4.86. The molecule has 4 heteroatoms. The normalized spacial score (nSPS) is 28.6. The highest BCUT2D eigenvalue weighted by molar-refractivity contribution is 8.13. The number of amidine groups is 1. The Bertz CT molecular complexity index is 187. The summed E-state index contributed by atoms with van der Waals surface area (Å²) in [6, 6.07) is 0. The summed E-state index contributed by atoms with van der Waals surface area (Å²) in [5, 5.41) is 7.97. The SMILES string of the molecule is C1CN=C(NCC2CCNC2)SC1. The van der Waals surface area contributed by atoms with Gasteiger partial charge in [0.15, 0.2) is 5.17 Å². The standard InChI is InChI=1S/C9H17N3S/c1-3-11-9(13-5-1)12-7-8-2-4-10-6-8/h8,10H,1-7H2,(H,11,12). The third-order valence-corrected chi connectivity index (χ3v) is 3.54. The highest BCUT2D eigenvalue weighted by Gasteiger charge is 2.15. The van der Waals surface area contributed by atoms with E-state index in [0.29, 0.717) is 0 Å². The minimum Gasteiger partial charge on any atom is -0.365 e. The van der Waals surface area contributed by atoms with E-state index in [2.05, 4.69) is 15.6 Å². The molecule has 2 rings (SSSR count). The Hall–Kier alpha value is -0.220. The number of nitrogens with zero attached hydrogens (tertiary/aromatic N) is 1. The Labute approximate surface area is 83.8 Å². The molecule has 1 fully saturated rings. The minimum atomic E-state index is 0.810. The smallest absolute Gasteiger partial charge is 0.156 e. The summed E-state index contributed by atoms with van der Waals surface area (Å²) in [5.41, 5.74) is 0. The van der Waals surface area contributed by atoms with Crippen LogP contribution in [-0.4, -0.2) is 37.1 Å². The van der Waals surface area contributed by atoms with Crippen molar-refractivity contribution < 1.29 is 0 Å². The lowest BCUT2D eigenvalue weighted by Crippen LogP contribution is -2.30. The quantitative estimate of drug-likeness (QED) is 0.686. The molecule has 0 spiro atoms. The molecule has 2 heterocycles. The Kier molecular flexibility index (Phi) is 3.49. The first-order chi connectivity index (χ1) is 6.45. The molecule has 2 aliphatic rings. The zero-order valence-corrected chi connectivity index (χ0v) is 8.70. The van der Waals surface area contributed by atoms with Crippen LogP contribution in [0.15, 0.2) is 4.99 Å². The second-order valence-corrected chi connectivity index (χ2v) is 4.71. The number of hydrogen-bond donors (Lipinski definition) is 2. The maximum Gasteiger partial charge on any atom is 0.156 e. The zero-order valence-electron chi connectivity index (χ0n) is 7.88. The van der Waals surface area contributed by atoms with Crippen LogP contribution in [0.3, 0.4) is 0 Å². The van der Waals surface area contributed by atoms with E-state index in [9.17, 15) is 0 Å². The molecule has 0 amide bonds. The zero-order chi connectivity index (χ0) is 8.93. The van der Waals surface area contributed by atoms with Gasteiger partial charge in [-0.25, -0.2) is 0 Å². The van der Waals surface area contributed by atoms with Crippen LogP contribution in [0.1, 0.15) is 12.8 Å². The maximum atomic E-state index is 4.44. The topological polar surface area (TPSA) is 36.4 Å². The lowest BCUT2D eigenvalue weighted by atomic mass is 10.1. The number of nitrogens with one attached hydrogen (secondary N) is 2. The van der Waals surface area contributed by atoms with Gasteiger partial charge in [-0.3, -0.25) is 4.99 Å². The molecule has 1 unspecified atom stereocenters. The Morgan fingerprint density at radius 1 is 1.62 bits per heavy atom. The van der Waals surface area contributed by atoms with E-state index in [0.717, 1.165) is 24.2 Å². The van der Waals surface area contributed by atoms with Gasteiger partial charge in [0.1, 0.15) is 0 Å². The first-order valence-electron chi connectivity index (χ1n) is 5.07. The van der Waals surface area contributed by atoms with Gasteiger partial charge in [0.25, 0.3) is 0 Å². The van der Waals surface area contributed by atoms with Crippen molar-refractivity contribution in [1.29, 1.82) is 0 Å². The van der Waals surface area contributed by atoms with Crippen LogP contribution in [0, 0.1) is 5.92 Å². The van der Waals surface area contributed by atoms with Gasteiger partial charge in [0.05, 0.1) is 0 Å². The summed E-state index contributed by atoms with van der Waals surface area (Å²) in [7, 11) is 0. The van der Waals surface area contributed by atoms with E-state index < -0.39 is 0 Å². The van der Waals surface area contributed by atoms with Crippen molar-refractivity contribution in [2.45, 2.75) is 12.8 Å². The first-order valence-corrected chi connectivity index (χ1v) is 6.05. The van der Waals surface area contributed by atoms with Gasteiger partial charge in [0, 0.05) is 18.8 Å². The highest BCUT2D eigenvalue weighted by Crippen LogP contribution is 2.11. The van der Waals surface area contributed by atoms with E-state index in [1.165, 1.54) is 31.7 Å². The molecular weight excluding hydrogens is 182 g/mol. The summed E-state index contributed by atoms with van der Waals surface area (Å²) < 4.78 is 0. The molecule has 0 aliphatic carbocycles. The van der Waals surface area contributed by atoms with Crippen LogP contribution < -0.4 is 10.6 Å². The fourth-order valence-electron chi connectivity index (χ4n) is 1.69. The summed E-state index contributed by atoms with van der Waals surface area (Å²) in [6.45, 7) is 4.47. The van der Waals surface area contributed by atoms with E-state index >= 15 is 0 Å². The van der Waals surface area contributed by atoms with Gasteiger partial charge in [0.2, 0.25) is 0 Å². The molecule has 0 aromatic heterocycles. The van der Waals surface area contributed by atoms with Crippen LogP contribution in [0.25, 0.3) is 0 Å². The molecule has 0 aromatic rings. The molecule has 0 aromatic carbocycles. The van der Waals surface area contributed by atoms with E-state index in [-0.39, 0.29) is 0 Å². The average Bonchev–Trinajstić information content (AvgIpc) is 2.69. The highest BCUT2D eigenvalue weighted by atomic mass is 32.2. The van der Waals surface area contributed by atoms with Crippen molar-refractivity contribution in [1.82, 2.24) is 10.6 Å². The first kappa shape index (κ1) is 9.34. The van der Waals surface area contributed by atoms with Crippen LogP contribution in [-0.2, 0) is 0 Å². The van der Waals surface area contributed by atoms with Crippen molar-refractivity contribution in [3.8, 4) is 0 Å². The predicted molar refractivity (Wildman–Crippen MR) is 58.4 cm³/mol. The van der Waals surface area contributed by atoms with Crippen molar-refractivity contribution >= 4 is 16.9 Å². The molecule has 0 radical (unpaired) electrons. The summed E-state index contributed by atoms with van der Waals surface area (Å²) in [4.78, 5) is 4.44. The summed E-state index contributed by atoms with van der Waals surface area (Å²) in [5.74, 6) is 2.04. The van der Waals surface area contributed by atoms with Crippen LogP contribution in [0.5, 0.6) is 0 Å². The Morgan fingerprint density at radius 2 is 2.62 bits per heavy atom. The maximum absolute atomic E-state index is 4.44. The third-order valence-electron chi connectivity index (χ3n) is 2.50. The van der Waals surface area contributed by atoms with Crippen LogP contribution in [0.4, 0.5) is 0 Å². The molecule has 3 nitrogen and oxygen atoms in total. The molecule has 74 valence electrons. The Balaban J connectivity index is 1.68. The Morgan fingerprint density at radius 3 is 3.31 bits per heavy atom. The monoisotopic (exact) mass is 199 g/mol. The average molecular weight is 199 g/mol. The van der Waals surface area contributed by atoms with Crippen molar-refractivity contribution in [3.05, 3.63) is 0 Å². The molecule has 2 aliphatic heterocycles. The molecule has 0 saturated carbocycles. The van der Waals surface area contributed by atoms with Gasteiger partial charge in [-0.05, 0) is 31.8 Å². The molecular formula is C9H17N3S. The van der Waals surface area contributed by atoms with Gasteiger partial charge in [-0.2, -0.15) is 0 Å². The van der Waals surface area contributed by atoms with Crippen LogP contribution >= 0.6 is 11.8 Å². The van der Waals surface area contributed by atoms with Gasteiger partial charge < -0.3 is 10.6 Å². The lowest BCUT2D eigenvalue weighted by Gasteiger charge is -2.15. The number of thioether (sulfide) groups is 1. The molecule has 0 bridgehead atoms.